The van der Waals surface area contributed by atoms with E-state index in [0.29, 0.717) is 24.4 Å². The van der Waals surface area contributed by atoms with Gasteiger partial charge in [0.15, 0.2) is 0 Å². The summed E-state index contributed by atoms with van der Waals surface area (Å²) in [6, 6.07) is 9.70. The molecule has 1 aliphatic rings. The van der Waals surface area contributed by atoms with Gasteiger partial charge >= 0.3 is 6.09 Å². The Labute approximate surface area is 175 Å². The third kappa shape index (κ3) is 3.95. The van der Waals surface area contributed by atoms with Crippen LogP contribution >= 0.6 is 0 Å². The second-order valence-electron chi connectivity index (χ2n) is 8.69. The van der Waals surface area contributed by atoms with Gasteiger partial charge in [-0.3, -0.25) is 0 Å². The molecule has 1 aromatic carbocycles. The van der Waals surface area contributed by atoms with Crippen molar-refractivity contribution >= 4 is 22.9 Å². The maximum Gasteiger partial charge on any atom is 0.410 e. The van der Waals surface area contributed by atoms with Crippen LogP contribution in [0.4, 0.5) is 10.6 Å². The predicted octanol–water partition coefficient (Wildman–Crippen LogP) is 3.05. The van der Waals surface area contributed by atoms with E-state index in [1.54, 1.807) is 4.90 Å². The van der Waals surface area contributed by atoms with Crippen molar-refractivity contribution in [3.05, 3.63) is 42.9 Å². The number of benzene rings is 1. The Bertz CT molecular complexity index is 1060. The van der Waals surface area contributed by atoms with Gasteiger partial charge in [0.25, 0.3) is 0 Å². The molecule has 0 spiro atoms. The zero-order valence-corrected chi connectivity index (χ0v) is 17.4. The summed E-state index contributed by atoms with van der Waals surface area (Å²) in [4.78, 5) is 22.9. The summed E-state index contributed by atoms with van der Waals surface area (Å²) in [6.45, 7) is 6.21. The summed E-state index contributed by atoms with van der Waals surface area (Å²) in [5, 5.41) is 11.0. The molecule has 0 unspecified atom stereocenters. The molecule has 30 heavy (non-hydrogen) atoms. The summed E-state index contributed by atoms with van der Waals surface area (Å²) in [6.07, 6.45) is 2.90. The minimum Gasteiger partial charge on any atom is -0.444 e. The van der Waals surface area contributed by atoms with Crippen LogP contribution in [0, 0.1) is 0 Å². The van der Waals surface area contributed by atoms with Crippen molar-refractivity contribution in [2.45, 2.75) is 51.5 Å². The van der Waals surface area contributed by atoms with Crippen LogP contribution in [0.15, 0.2) is 42.9 Å². The average molecular weight is 409 g/mol. The third-order valence-electron chi connectivity index (χ3n) is 5.20. The van der Waals surface area contributed by atoms with Crippen LogP contribution in [-0.4, -0.2) is 54.9 Å². The molecular weight excluding hydrogens is 382 g/mol. The Morgan fingerprint density at radius 3 is 2.70 bits per heavy atom. The quantitative estimate of drug-likeness (QED) is 0.689. The molecule has 1 aliphatic heterocycles. The number of nitrogens with two attached hydrogens (primary N) is 1. The summed E-state index contributed by atoms with van der Waals surface area (Å²) in [7, 11) is 0. The molecule has 2 aromatic heterocycles. The van der Waals surface area contributed by atoms with E-state index in [9.17, 15) is 9.90 Å². The zero-order valence-electron chi connectivity index (χ0n) is 17.4. The van der Waals surface area contributed by atoms with E-state index in [1.165, 1.54) is 6.33 Å². The molecule has 4 rings (SSSR count). The fourth-order valence-electron chi connectivity index (χ4n) is 3.96. The highest BCUT2D eigenvalue weighted by atomic mass is 16.6. The summed E-state index contributed by atoms with van der Waals surface area (Å²) in [5.74, 6) is 0.410. The van der Waals surface area contributed by atoms with Crippen LogP contribution in [0.1, 0.15) is 27.2 Å². The van der Waals surface area contributed by atoms with Crippen molar-refractivity contribution in [2.24, 2.45) is 0 Å². The molecule has 3 aromatic rings. The second-order valence-corrected chi connectivity index (χ2v) is 8.69. The Hall–Kier alpha value is -3.13. The number of likely N-dealkylation sites (tertiary alicyclic amines) is 1. The number of aliphatic hydroxyl groups is 1. The number of hydrogen-bond acceptors (Lipinski definition) is 6. The average Bonchev–Trinajstić information content (AvgIpc) is 3.23. The van der Waals surface area contributed by atoms with E-state index in [4.69, 9.17) is 10.5 Å². The Morgan fingerprint density at radius 1 is 1.27 bits per heavy atom. The number of carbonyl (C=O) groups excluding carboxylic acids is 1. The van der Waals surface area contributed by atoms with Crippen molar-refractivity contribution in [2.75, 3.05) is 12.3 Å². The lowest BCUT2D eigenvalue weighted by molar-refractivity contribution is 0.0198. The number of β-amino-alcohol motifs (C(OH)–C–C–N with tert-alkyl or cyclic N) is 1. The predicted molar refractivity (Wildman–Crippen MR) is 115 cm³/mol. The molecule has 0 bridgehead atoms. The molecule has 8 nitrogen and oxygen atoms in total. The first kappa shape index (κ1) is 20.2. The van der Waals surface area contributed by atoms with Crippen LogP contribution in [0.25, 0.3) is 22.2 Å². The lowest BCUT2D eigenvalue weighted by Crippen LogP contribution is -2.41. The maximum atomic E-state index is 12.7. The van der Waals surface area contributed by atoms with Gasteiger partial charge in [-0.15, -0.1) is 0 Å². The van der Waals surface area contributed by atoms with Gasteiger partial charge in [-0.1, -0.05) is 30.3 Å². The summed E-state index contributed by atoms with van der Waals surface area (Å²) in [5.41, 5.74) is 8.24. The molecule has 1 fully saturated rings. The topological polar surface area (TPSA) is 106 Å². The molecule has 8 heteroatoms. The normalized spacial score (nSPS) is 19.4. The van der Waals surface area contributed by atoms with Crippen LogP contribution in [-0.2, 0) is 11.3 Å². The minimum atomic E-state index is -0.600. The minimum absolute atomic E-state index is 0.217. The zero-order chi connectivity index (χ0) is 21.5. The maximum absolute atomic E-state index is 12.7. The van der Waals surface area contributed by atoms with Crippen molar-refractivity contribution in [1.82, 2.24) is 19.4 Å². The van der Waals surface area contributed by atoms with Gasteiger partial charge in [-0.05, 0) is 32.8 Å². The molecule has 0 saturated carbocycles. The molecule has 3 N–H and O–H groups in total. The largest absolute Gasteiger partial charge is 0.444 e. The molecule has 1 amide bonds. The first-order valence-electron chi connectivity index (χ1n) is 10.1. The number of nitrogen functional groups attached to an aromatic ring is 1. The number of fused-ring (bicyclic) bond motifs is 1. The molecule has 158 valence electrons. The lowest BCUT2D eigenvalue weighted by Gasteiger charge is -2.28. The SMILES string of the molecule is CC(C)(C)OC(=O)N1C[C@H](O)C[C@@H]1Cn1cc(-c2ccccc2)c2c(N)ncnc21. The molecule has 1 saturated heterocycles. The van der Waals surface area contributed by atoms with Crippen LogP contribution in [0.3, 0.4) is 0 Å². The number of carbonyl (C=O) groups is 1. The molecule has 2 atom stereocenters. The van der Waals surface area contributed by atoms with Gasteiger partial charge in [0, 0.05) is 18.3 Å². The molecule has 0 aliphatic carbocycles. The fraction of sp³-hybridized carbons (Fsp3) is 0.409. The van der Waals surface area contributed by atoms with Gasteiger partial charge in [-0.2, -0.15) is 0 Å². The number of ether oxygens (including phenoxy) is 1. The van der Waals surface area contributed by atoms with Crippen molar-refractivity contribution in [1.29, 1.82) is 0 Å². The Balaban J connectivity index is 1.70. The van der Waals surface area contributed by atoms with Gasteiger partial charge in [0.1, 0.15) is 23.4 Å². The van der Waals surface area contributed by atoms with Crippen molar-refractivity contribution in [3.63, 3.8) is 0 Å². The highest BCUT2D eigenvalue weighted by Gasteiger charge is 2.37. The number of aliphatic hydroxyl groups excluding tert-OH is 1. The van der Waals surface area contributed by atoms with Crippen LogP contribution < -0.4 is 5.73 Å². The second kappa shape index (κ2) is 7.60. The smallest absolute Gasteiger partial charge is 0.410 e. The van der Waals surface area contributed by atoms with Gasteiger partial charge in [0.05, 0.1) is 24.1 Å². The molecule has 0 radical (unpaired) electrons. The number of hydrogen-bond donors (Lipinski definition) is 2. The van der Waals surface area contributed by atoms with E-state index in [2.05, 4.69) is 9.97 Å². The Morgan fingerprint density at radius 2 is 2.00 bits per heavy atom. The highest BCUT2D eigenvalue weighted by molar-refractivity contribution is 6.00. The number of anilines is 1. The van der Waals surface area contributed by atoms with Crippen molar-refractivity contribution in [3.8, 4) is 11.1 Å². The van der Waals surface area contributed by atoms with E-state index >= 15 is 0 Å². The standard InChI is InChI=1S/C22H27N5O3/c1-22(2,3)30-21(29)27-11-16(28)9-15(27)10-26-12-17(14-7-5-4-6-8-14)18-19(23)24-13-25-20(18)26/h4-8,12-13,15-16,28H,9-11H2,1-3H3,(H2,23,24,25)/t15-,16-/m1/s1. The third-order valence-corrected chi connectivity index (χ3v) is 5.20. The first-order chi connectivity index (χ1) is 14.2. The lowest BCUT2D eigenvalue weighted by atomic mass is 10.1. The number of amides is 1. The molecule has 3 heterocycles. The van der Waals surface area contributed by atoms with E-state index in [0.717, 1.165) is 16.5 Å². The van der Waals surface area contributed by atoms with Gasteiger partial charge in [0.2, 0.25) is 0 Å². The van der Waals surface area contributed by atoms with Crippen LogP contribution in [0.5, 0.6) is 0 Å². The number of nitrogens with zero attached hydrogens (tertiary/aromatic N) is 4. The number of rotatable bonds is 3. The molecular formula is C22H27N5O3. The van der Waals surface area contributed by atoms with E-state index in [1.807, 2.05) is 61.9 Å². The van der Waals surface area contributed by atoms with Crippen molar-refractivity contribution < 1.29 is 14.6 Å². The fourth-order valence-corrected chi connectivity index (χ4v) is 3.96. The van der Waals surface area contributed by atoms with Crippen LogP contribution in [0.2, 0.25) is 0 Å². The van der Waals surface area contributed by atoms with E-state index < -0.39 is 17.8 Å². The van der Waals surface area contributed by atoms with Gasteiger partial charge < -0.3 is 25.0 Å². The summed E-state index contributed by atoms with van der Waals surface area (Å²) < 4.78 is 7.52. The van der Waals surface area contributed by atoms with E-state index in [-0.39, 0.29) is 12.6 Å². The highest BCUT2D eigenvalue weighted by Crippen LogP contribution is 2.33. The first-order valence-corrected chi connectivity index (χ1v) is 10.1. The van der Waals surface area contributed by atoms with Gasteiger partial charge in [-0.25, -0.2) is 14.8 Å². The number of aromatic nitrogens is 3. The Kier molecular flexibility index (Phi) is 5.11. The summed E-state index contributed by atoms with van der Waals surface area (Å²) >= 11 is 0. The monoisotopic (exact) mass is 409 g/mol.